The van der Waals surface area contributed by atoms with E-state index in [9.17, 15) is 15.2 Å². The van der Waals surface area contributed by atoms with Gasteiger partial charge in [0.25, 0.3) is 5.69 Å². The van der Waals surface area contributed by atoms with Gasteiger partial charge in [0.05, 0.1) is 16.4 Å². The number of phenols is 1. The molecule has 0 saturated carbocycles. The maximum absolute atomic E-state index is 11.2. The summed E-state index contributed by atoms with van der Waals surface area (Å²) >= 11 is 0. The second-order valence-electron chi connectivity index (χ2n) is 4.82. The topological polar surface area (TPSA) is 63.4 Å². The summed E-state index contributed by atoms with van der Waals surface area (Å²) < 4.78 is 0. The predicted molar refractivity (Wildman–Crippen MR) is 76.7 cm³/mol. The Labute approximate surface area is 114 Å². The average Bonchev–Trinajstić information content (AvgIpc) is 2.79. The standard InChI is InChI=1S/C16H9NO3/c18-14-8-13(17(19)20)12-7-3-6-10-9-4-1-2-5-11(9)16(14)15(10)12/h1-8,18H. The summed E-state index contributed by atoms with van der Waals surface area (Å²) in [6, 6.07) is 14.4. The predicted octanol–water partition coefficient (Wildman–Crippen LogP) is 4.10. The molecule has 0 aliphatic heterocycles. The normalized spacial score (nSPS) is 11.6. The Morgan fingerprint density at radius 1 is 0.950 bits per heavy atom. The summed E-state index contributed by atoms with van der Waals surface area (Å²) in [5.74, 6) is -0.0402. The highest BCUT2D eigenvalue weighted by Crippen LogP contribution is 2.52. The van der Waals surface area contributed by atoms with Crippen LogP contribution < -0.4 is 0 Å². The zero-order valence-electron chi connectivity index (χ0n) is 10.3. The van der Waals surface area contributed by atoms with Gasteiger partial charge in [-0.2, -0.15) is 0 Å². The molecule has 4 rings (SSSR count). The van der Waals surface area contributed by atoms with Crippen LogP contribution in [0, 0.1) is 10.1 Å². The minimum atomic E-state index is -0.453. The van der Waals surface area contributed by atoms with Crippen LogP contribution in [0.15, 0.2) is 48.5 Å². The van der Waals surface area contributed by atoms with Crippen LogP contribution in [0.1, 0.15) is 0 Å². The SMILES string of the molecule is O=[N+]([O-])c1cc(O)c2c3c(cccc13)-c1ccccc1-2. The Morgan fingerprint density at radius 3 is 2.40 bits per heavy atom. The van der Waals surface area contributed by atoms with E-state index in [4.69, 9.17) is 0 Å². The molecule has 0 saturated heterocycles. The summed E-state index contributed by atoms with van der Waals surface area (Å²) in [5, 5.41) is 22.7. The Morgan fingerprint density at radius 2 is 1.65 bits per heavy atom. The van der Waals surface area contributed by atoms with Gasteiger partial charge in [-0.05, 0) is 22.8 Å². The number of fused-ring (bicyclic) bond motifs is 3. The molecule has 0 amide bonds. The second kappa shape index (κ2) is 3.57. The molecule has 3 aromatic carbocycles. The fourth-order valence-electron chi connectivity index (χ4n) is 3.03. The minimum Gasteiger partial charge on any atom is -0.507 e. The summed E-state index contributed by atoms with van der Waals surface area (Å²) in [6.45, 7) is 0. The first-order chi connectivity index (χ1) is 9.68. The number of hydrogen-bond acceptors (Lipinski definition) is 3. The first-order valence-corrected chi connectivity index (χ1v) is 6.21. The van der Waals surface area contributed by atoms with Crippen molar-refractivity contribution in [2.75, 3.05) is 0 Å². The zero-order valence-corrected chi connectivity index (χ0v) is 10.3. The van der Waals surface area contributed by atoms with Gasteiger partial charge in [0.1, 0.15) is 5.75 Å². The van der Waals surface area contributed by atoms with E-state index >= 15 is 0 Å². The third-order valence-electron chi connectivity index (χ3n) is 3.80. The van der Waals surface area contributed by atoms with Crippen LogP contribution in [0.5, 0.6) is 5.75 Å². The van der Waals surface area contributed by atoms with Crippen LogP contribution in [0.25, 0.3) is 33.0 Å². The van der Waals surface area contributed by atoms with E-state index in [2.05, 4.69) is 0 Å². The number of benzene rings is 3. The number of nitrogens with zero attached hydrogens (tertiary/aromatic N) is 1. The number of nitro groups is 1. The Bertz CT molecular complexity index is 900. The van der Waals surface area contributed by atoms with E-state index in [1.54, 1.807) is 6.07 Å². The first kappa shape index (κ1) is 11.0. The largest absolute Gasteiger partial charge is 0.507 e. The number of phenolic OH excluding ortho intramolecular Hbond substituents is 1. The summed E-state index contributed by atoms with van der Waals surface area (Å²) in [6.07, 6.45) is 0. The van der Waals surface area contributed by atoms with Crippen molar-refractivity contribution in [1.29, 1.82) is 0 Å². The van der Waals surface area contributed by atoms with Crippen LogP contribution >= 0.6 is 0 Å². The van der Waals surface area contributed by atoms with Crippen LogP contribution in [-0.4, -0.2) is 10.0 Å². The summed E-state index contributed by atoms with van der Waals surface area (Å²) in [5.41, 5.74) is 3.50. The molecule has 0 unspecified atom stereocenters. The monoisotopic (exact) mass is 263 g/mol. The fraction of sp³-hybridized carbons (Fsp3) is 0. The van der Waals surface area contributed by atoms with E-state index in [-0.39, 0.29) is 11.4 Å². The van der Waals surface area contributed by atoms with Crippen LogP contribution in [0.3, 0.4) is 0 Å². The molecular weight excluding hydrogens is 254 g/mol. The first-order valence-electron chi connectivity index (χ1n) is 6.21. The van der Waals surface area contributed by atoms with Gasteiger partial charge >= 0.3 is 0 Å². The van der Waals surface area contributed by atoms with E-state index in [0.717, 1.165) is 22.1 Å². The molecule has 4 heteroatoms. The Balaban J connectivity index is 2.28. The fourth-order valence-corrected chi connectivity index (χ4v) is 3.03. The lowest BCUT2D eigenvalue weighted by Gasteiger charge is -2.05. The molecule has 0 heterocycles. The van der Waals surface area contributed by atoms with Crippen molar-refractivity contribution < 1.29 is 10.0 Å². The maximum Gasteiger partial charge on any atom is 0.280 e. The van der Waals surface area contributed by atoms with E-state index in [1.807, 2.05) is 36.4 Å². The molecule has 0 spiro atoms. The smallest absolute Gasteiger partial charge is 0.280 e. The van der Waals surface area contributed by atoms with Crippen molar-refractivity contribution in [1.82, 2.24) is 0 Å². The molecule has 1 aliphatic rings. The lowest BCUT2D eigenvalue weighted by atomic mass is 10.0. The van der Waals surface area contributed by atoms with Crippen LogP contribution in [-0.2, 0) is 0 Å². The van der Waals surface area contributed by atoms with Crippen LogP contribution in [0.4, 0.5) is 5.69 Å². The van der Waals surface area contributed by atoms with Crippen LogP contribution in [0.2, 0.25) is 0 Å². The lowest BCUT2D eigenvalue weighted by molar-refractivity contribution is -0.383. The molecule has 0 radical (unpaired) electrons. The molecule has 1 aliphatic carbocycles. The van der Waals surface area contributed by atoms with Crippen molar-refractivity contribution in [2.24, 2.45) is 0 Å². The molecule has 0 fully saturated rings. The molecule has 96 valence electrons. The van der Waals surface area contributed by atoms with Gasteiger partial charge in [0, 0.05) is 10.9 Å². The zero-order chi connectivity index (χ0) is 13.9. The molecule has 1 N–H and O–H groups in total. The van der Waals surface area contributed by atoms with Crippen molar-refractivity contribution in [3.05, 3.63) is 58.6 Å². The summed E-state index contributed by atoms with van der Waals surface area (Å²) in [7, 11) is 0. The molecule has 4 nitrogen and oxygen atoms in total. The molecule has 0 aromatic heterocycles. The van der Waals surface area contributed by atoms with Gasteiger partial charge < -0.3 is 5.11 Å². The van der Waals surface area contributed by atoms with E-state index < -0.39 is 4.92 Å². The van der Waals surface area contributed by atoms with Gasteiger partial charge in [-0.15, -0.1) is 0 Å². The second-order valence-corrected chi connectivity index (χ2v) is 4.82. The molecule has 0 atom stereocenters. The molecule has 0 bridgehead atoms. The third-order valence-corrected chi connectivity index (χ3v) is 3.80. The number of rotatable bonds is 1. The van der Waals surface area contributed by atoms with Crippen molar-refractivity contribution in [3.8, 4) is 28.0 Å². The van der Waals surface area contributed by atoms with E-state index in [0.29, 0.717) is 10.9 Å². The maximum atomic E-state index is 11.2. The van der Waals surface area contributed by atoms with Crippen molar-refractivity contribution in [2.45, 2.75) is 0 Å². The molecular formula is C16H9NO3. The minimum absolute atomic E-state index is 0.0402. The Hall–Kier alpha value is -2.88. The van der Waals surface area contributed by atoms with Crippen molar-refractivity contribution >= 4 is 16.5 Å². The number of aromatic hydroxyl groups is 1. The highest BCUT2D eigenvalue weighted by atomic mass is 16.6. The van der Waals surface area contributed by atoms with Gasteiger partial charge in [0.15, 0.2) is 0 Å². The number of non-ortho nitro benzene ring substituents is 1. The van der Waals surface area contributed by atoms with Gasteiger partial charge in [-0.3, -0.25) is 10.1 Å². The Kier molecular flexibility index (Phi) is 1.96. The van der Waals surface area contributed by atoms with Gasteiger partial charge in [0.2, 0.25) is 0 Å². The average molecular weight is 263 g/mol. The quantitative estimate of drug-likeness (QED) is 0.415. The third kappa shape index (κ3) is 1.20. The lowest BCUT2D eigenvalue weighted by Crippen LogP contribution is -1.90. The van der Waals surface area contributed by atoms with Crippen molar-refractivity contribution in [3.63, 3.8) is 0 Å². The highest BCUT2D eigenvalue weighted by Gasteiger charge is 2.28. The molecule has 3 aromatic rings. The summed E-state index contributed by atoms with van der Waals surface area (Å²) in [4.78, 5) is 10.7. The van der Waals surface area contributed by atoms with Gasteiger partial charge in [-0.25, -0.2) is 0 Å². The van der Waals surface area contributed by atoms with E-state index in [1.165, 1.54) is 6.07 Å². The van der Waals surface area contributed by atoms with Gasteiger partial charge in [-0.1, -0.05) is 36.4 Å². The highest BCUT2D eigenvalue weighted by molar-refractivity contribution is 6.19. The number of hydrogen-bond donors (Lipinski definition) is 1. The number of nitro benzene ring substituents is 1. The molecule has 20 heavy (non-hydrogen) atoms.